The number of nitrogens with one attached hydrogen (secondary N) is 1. The summed E-state index contributed by atoms with van der Waals surface area (Å²) in [5, 5.41) is 7.80. The van der Waals surface area contributed by atoms with Crippen LogP contribution in [0.1, 0.15) is 23.6 Å². The average molecular weight is 537 g/mol. The maximum Gasteiger partial charge on any atom is 0.246 e. The molecule has 1 atom stereocenters. The third-order valence-electron chi connectivity index (χ3n) is 7.49. The molecule has 1 amide bonds. The fourth-order valence-corrected chi connectivity index (χ4v) is 5.36. The standard InChI is InChI=1S/C30H29FN8O/c1-4-27(40)37-11-12-38(20(3)16-37)25-8-7-24-28(29(25)31)30(34-17-32-24)36-23-6-5-22(19(2)13-23)14-21-9-10-39-26(15-21)33-18-35-39/h4-10,13,15,17-18,20H,1,11-12,14,16H2,2-3H3,(H,32,34,36). The van der Waals surface area contributed by atoms with Gasteiger partial charge in [0, 0.05) is 37.6 Å². The largest absolute Gasteiger partial charge is 0.363 e. The van der Waals surface area contributed by atoms with E-state index in [1.54, 1.807) is 21.8 Å². The van der Waals surface area contributed by atoms with Crippen LogP contribution >= 0.6 is 0 Å². The van der Waals surface area contributed by atoms with Crippen molar-refractivity contribution in [2.24, 2.45) is 0 Å². The number of nitrogens with zero attached hydrogens (tertiary/aromatic N) is 7. The van der Waals surface area contributed by atoms with E-state index in [-0.39, 0.29) is 17.8 Å². The summed E-state index contributed by atoms with van der Waals surface area (Å²) < 4.78 is 17.9. The van der Waals surface area contributed by atoms with Crippen molar-refractivity contribution in [2.75, 3.05) is 29.9 Å². The molecule has 4 heterocycles. The minimum Gasteiger partial charge on any atom is -0.363 e. The second kappa shape index (κ2) is 10.4. The van der Waals surface area contributed by atoms with Crippen molar-refractivity contribution in [1.29, 1.82) is 0 Å². The molecule has 1 aliphatic heterocycles. The number of aromatic nitrogens is 5. The molecule has 3 aromatic heterocycles. The summed E-state index contributed by atoms with van der Waals surface area (Å²) in [7, 11) is 0. The van der Waals surface area contributed by atoms with Crippen LogP contribution in [-0.2, 0) is 11.2 Å². The van der Waals surface area contributed by atoms with Crippen molar-refractivity contribution in [3.05, 3.63) is 96.5 Å². The number of hydrogen-bond donors (Lipinski definition) is 1. The van der Waals surface area contributed by atoms with Gasteiger partial charge in [-0.1, -0.05) is 12.6 Å². The zero-order valence-corrected chi connectivity index (χ0v) is 22.4. The number of carbonyl (C=O) groups excluding carboxylic acids is 1. The highest BCUT2D eigenvalue weighted by Gasteiger charge is 2.28. The second-order valence-electron chi connectivity index (χ2n) is 10.1. The van der Waals surface area contributed by atoms with Gasteiger partial charge in [-0.15, -0.1) is 0 Å². The van der Waals surface area contributed by atoms with Gasteiger partial charge in [0.25, 0.3) is 0 Å². The molecule has 0 aliphatic carbocycles. The number of carbonyl (C=O) groups is 1. The Balaban J connectivity index is 1.26. The van der Waals surface area contributed by atoms with Gasteiger partial charge in [-0.3, -0.25) is 4.79 Å². The normalized spacial score (nSPS) is 15.5. The Bertz CT molecular complexity index is 1750. The average Bonchev–Trinajstić information content (AvgIpc) is 3.43. The van der Waals surface area contributed by atoms with Crippen molar-refractivity contribution in [3.63, 3.8) is 0 Å². The van der Waals surface area contributed by atoms with E-state index in [1.807, 2.05) is 48.4 Å². The van der Waals surface area contributed by atoms with Crippen LogP contribution in [0, 0.1) is 12.7 Å². The molecule has 6 rings (SSSR count). The molecule has 0 radical (unpaired) electrons. The second-order valence-corrected chi connectivity index (χ2v) is 10.1. The van der Waals surface area contributed by atoms with E-state index in [2.05, 4.69) is 44.9 Å². The van der Waals surface area contributed by atoms with Gasteiger partial charge in [0.15, 0.2) is 11.5 Å². The van der Waals surface area contributed by atoms with E-state index in [1.165, 1.54) is 18.0 Å². The maximum atomic E-state index is 16.1. The predicted molar refractivity (Wildman–Crippen MR) is 153 cm³/mol. The predicted octanol–water partition coefficient (Wildman–Crippen LogP) is 4.68. The lowest BCUT2D eigenvalue weighted by molar-refractivity contribution is -0.126. The van der Waals surface area contributed by atoms with Gasteiger partial charge in [0.2, 0.25) is 5.91 Å². The van der Waals surface area contributed by atoms with Crippen molar-refractivity contribution in [3.8, 4) is 0 Å². The fourth-order valence-electron chi connectivity index (χ4n) is 5.36. The number of benzene rings is 2. The summed E-state index contributed by atoms with van der Waals surface area (Å²) in [6, 6.07) is 13.7. The SMILES string of the molecule is C=CC(=O)N1CCN(c2ccc3ncnc(Nc4ccc(Cc5ccn6ncnc6c5)c(C)c4)c3c2F)C(C)C1. The number of hydrogen-bond acceptors (Lipinski definition) is 7. The van der Waals surface area contributed by atoms with Crippen LogP contribution in [0.3, 0.4) is 0 Å². The molecule has 1 unspecified atom stereocenters. The number of piperazine rings is 1. The van der Waals surface area contributed by atoms with Crippen LogP contribution in [0.15, 0.2) is 74.0 Å². The molecular weight excluding hydrogens is 507 g/mol. The van der Waals surface area contributed by atoms with Crippen LogP contribution in [0.5, 0.6) is 0 Å². The van der Waals surface area contributed by atoms with Gasteiger partial charge in [-0.25, -0.2) is 23.9 Å². The van der Waals surface area contributed by atoms with Crippen LogP contribution in [-0.4, -0.2) is 61.0 Å². The summed E-state index contributed by atoms with van der Waals surface area (Å²) in [5.74, 6) is -0.0851. The summed E-state index contributed by atoms with van der Waals surface area (Å²) >= 11 is 0. The first-order valence-corrected chi connectivity index (χ1v) is 13.2. The Morgan fingerprint density at radius 1 is 1.12 bits per heavy atom. The minimum absolute atomic E-state index is 0.0636. The lowest BCUT2D eigenvalue weighted by atomic mass is 10.0. The highest BCUT2D eigenvalue weighted by atomic mass is 19.1. The summed E-state index contributed by atoms with van der Waals surface area (Å²) in [4.78, 5) is 28.8. The van der Waals surface area contributed by atoms with Crippen molar-refractivity contribution >= 4 is 39.6 Å². The van der Waals surface area contributed by atoms with E-state index in [0.717, 1.165) is 28.9 Å². The molecule has 1 aliphatic rings. The maximum absolute atomic E-state index is 16.1. The Labute approximate surface area is 231 Å². The van der Waals surface area contributed by atoms with Gasteiger partial charge in [-0.05, 0) is 79.4 Å². The van der Waals surface area contributed by atoms with E-state index < -0.39 is 0 Å². The quantitative estimate of drug-likeness (QED) is 0.315. The Hall–Kier alpha value is -4.86. The number of rotatable bonds is 6. The lowest BCUT2D eigenvalue weighted by Gasteiger charge is -2.41. The molecule has 1 saturated heterocycles. The van der Waals surface area contributed by atoms with E-state index >= 15 is 4.39 Å². The third-order valence-corrected chi connectivity index (χ3v) is 7.49. The van der Waals surface area contributed by atoms with Crippen LogP contribution < -0.4 is 10.2 Å². The van der Waals surface area contributed by atoms with Crippen molar-refractivity contribution < 1.29 is 9.18 Å². The fraction of sp³-hybridized carbons (Fsp3) is 0.233. The topological polar surface area (TPSA) is 91.6 Å². The van der Waals surface area contributed by atoms with Crippen LogP contribution in [0.4, 0.5) is 21.6 Å². The first kappa shape index (κ1) is 25.4. The molecule has 202 valence electrons. The molecular formula is C30H29FN8O. The van der Waals surface area contributed by atoms with Crippen molar-refractivity contribution in [2.45, 2.75) is 26.3 Å². The number of anilines is 3. The smallest absolute Gasteiger partial charge is 0.246 e. The first-order valence-electron chi connectivity index (χ1n) is 13.2. The van der Waals surface area contributed by atoms with Crippen LogP contribution in [0.25, 0.3) is 16.6 Å². The molecule has 0 saturated carbocycles. The molecule has 1 N–H and O–H groups in total. The Morgan fingerprint density at radius 3 is 2.80 bits per heavy atom. The van der Waals surface area contributed by atoms with E-state index in [9.17, 15) is 4.79 Å². The van der Waals surface area contributed by atoms with Gasteiger partial charge < -0.3 is 15.1 Å². The summed E-state index contributed by atoms with van der Waals surface area (Å²) in [6.45, 7) is 9.14. The molecule has 0 spiro atoms. The highest BCUT2D eigenvalue weighted by Crippen LogP contribution is 2.33. The molecule has 40 heavy (non-hydrogen) atoms. The Kier molecular flexibility index (Phi) is 6.59. The number of aryl methyl sites for hydroxylation is 1. The number of pyridine rings is 1. The van der Waals surface area contributed by atoms with Crippen LogP contribution in [0.2, 0.25) is 0 Å². The Morgan fingerprint density at radius 2 is 2.00 bits per heavy atom. The first-order chi connectivity index (χ1) is 19.4. The molecule has 10 heteroatoms. The molecule has 0 bridgehead atoms. The lowest BCUT2D eigenvalue weighted by Crippen LogP contribution is -2.53. The van der Waals surface area contributed by atoms with Gasteiger partial charge in [-0.2, -0.15) is 5.10 Å². The third kappa shape index (κ3) is 4.72. The number of halogens is 1. The number of amides is 1. The van der Waals surface area contributed by atoms with Gasteiger partial charge >= 0.3 is 0 Å². The number of fused-ring (bicyclic) bond motifs is 2. The molecule has 1 fully saturated rings. The molecule has 5 aromatic rings. The molecule has 2 aromatic carbocycles. The molecule has 9 nitrogen and oxygen atoms in total. The van der Waals surface area contributed by atoms with Gasteiger partial charge in [0.1, 0.15) is 18.5 Å². The van der Waals surface area contributed by atoms with E-state index in [0.29, 0.717) is 42.0 Å². The minimum atomic E-state index is -0.381. The monoisotopic (exact) mass is 536 g/mol. The highest BCUT2D eigenvalue weighted by molar-refractivity contribution is 5.94. The zero-order valence-electron chi connectivity index (χ0n) is 22.4. The van der Waals surface area contributed by atoms with Gasteiger partial charge in [0.05, 0.1) is 16.6 Å². The van der Waals surface area contributed by atoms with Crippen molar-refractivity contribution in [1.82, 2.24) is 29.5 Å². The zero-order chi connectivity index (χ0) is 27.8. The van der Waals surface area contributed by atoms with E-state index in [4.69, 9.17) is 0 Å². The summed E-state index contributed by atoms with van der Waals surface area (Å²) in [5.41, 5.74) is 6.04. The summed E-state index contributed by atoms with van der Waals surface area (Å²) in [6.07, 6.45) is 6.97.